The number of epoxide rings is 1. The van der Waals surface area contributed by atoms with Gasteiger partial charge in [0.25, 0.3) is 0 Å². The number of aliphatic hydroxyl groups is 1. The first-order chi connectivity index (χ1) is 16.8. The Labute approximate surface area is 202 Å². The highest BCUT2D eigenvalue weighted by Crippen LogP contribution is 2.68. The van der Waals surface area contributed by atoms with Gasteiger partial charge in [0.2, 0.25) is 0 Å². The largest absolute Gasteiger partial charge is 0.507 e. The number of phenols is 1. The summed E-state index contributed by atoms with van der Waals surface area (Å²) in [6, 6.07) is 5.67. The number of aromatic hydroxyl groups is 1. The van der Waals surface area contributed by atoms with Crippen LogP contribution in [0, 0.1) is 29.6 Å². The Balaban J connectivity index is 1.66. The lowest BCUT2D eigenvalue weighted by Crippen LogP contribution is -2.53. The molecule has 1 saturated heterocycles. The number of carbonyl (C=O) groups excluding carboxylic acids is 2. The predicted octanol–water partition coefficient (Wildman–Crippen LogP) is 1.98. The maximum absolute atomic E-state index is 13.8. The standard InChI is InChI=1S/C28H22N2O5/c1-14-7-5-3-4-6-8-21-28(15(2)31)27(14,35-28)19-12-20(32)22-23(24(19)30-21)25(33)17-10-9-16(13-29)11-18(17)26(22)34/h3-4,9-12,14-15,21,30-32H,13,29H2,1-2H3. The van der Waals surface area contributed by atoms with Gasteiger partial charge in [0.1, 0.15) is 17.4 Å². The predicted molar refractivity (Wildman–Crippen MR) is 128 cm³/mol. The third-order valence-corrected chi connectivity index (χ3v) is 7.56. The van der Waals surface area contributed by atoms with Crippen molar-refractivity contribution in [3.8, 4) is 29.4 Å². The molecule has 0 radical (unpaired) electrons. The van der Waals surface area contributed by atoms with Crippen LogP contribution in [0.15, 0.2) is 36.4 Å². The van der Waals surface area contributed by atoms with Crippen LogP contribution in [0.25, 0.3) is 0 Å². The summed E-state index contributed by atoms with van der Waals surface area (Å²) in [5.41, 5.74) is 5.46. The third kappa shape index (κ3) is 2.53. The summed E-state index contributed by atoms with van der Waals surface area (Å²) in [5, 5.41) is 25.3. The normalized spacial score (nSPS) is 29.6. The quantitative estimate of drug-likeness (QED) is 0.259. The Hall–Kier alpha value is -3.88. The lowest BCUT2D eigenvalue weighted by molar-refractivity contribution is 0.0868. The lowest BCUT2D eigenvalue weighted by Gasteiger charge is -2.38. The number of anilines is 1. The summed E-state index contributed by atoms with van der Waals surface area (Å²) < 4.78 is 6.39. The molecule has 0 spiro atoms. The van der Waals surface area contributed by atoms with Crippen LogP contribution in [0.5, 0.6) is 5.75 Å². The van der Waals surface area contributed by atoms with Crippen molar-refractivity contribution in [3.63, 3.8) is 0 Å². The number of ether oxygens (including phenoxy) is 1. The van der Waals surface area contributed by atoms with E-state index in [-0.39, 0.29) is 34.5 Å². The van der Waals surface area contributed by atoms with Crippen LogP contribution >= 0.6 is 0 Å². The van der Waals surface area contributed by atoms with E-state index in [1.54, 1.807) is 37.3 Å². The number of nitrogens with two attached hydrogens (primary N) is 1. The molecule has 2 bridgehead atoms. The van der Waals surface area contributed by atoms with Crippen molar-refractivity contribution < 1.29 is 24.5 Å². The Morgan fingerprint density at radius 1 is 1.11 bits per heavy atom. The summed E-state index contributed by atoms with van der Waals surface area (Å²) in [6.45, 7) is 3.72. The number of nitrogens with one attached hydrogen (secondary N) is 1. The zero-order valence-electron chi connectivity index (χ0n) is 19.1. The first kappa shape index (κ1) is 21.6. The van der Waals surface area contributed by atoms with Crippen LogP contribution in [0.4, 0.5) is 5.69 Å². The number of benzene rings is 2. The van der Waals surface area contributed by atoms with Gasteiger partial charge in [-0.05, 0) is 49.8 Å². The number of carbonyl (C=O) groups is 2. The molecular weight excluding hydrogens is 444 g/mol. The molecule has 2 aliphatic heterocycles. The Bertz CT molecular complexity index is 1520. The topological polar surface area (TPSA) is 125 Å². The minimum absolute atomic E-state index is 0.0688. The molecule has 0 aromatic heterocycles. The highest BCUT2D eigenvalue weighted by atomic mass is 16.6. The Morgan fingerprint density at radius 3 is 2.54 bits per heavy atom. The van der Waals surface area contributed by atoms with Gasteiger partial charge in [0.05, 0.1) is 28.8 Å². The molecule has 0 saturated carbocycles. The molecule has 6 rings (SSSR count). The van der Waals surface area contributed by atoms with Crippen molar-refractivity contribution in [3.05, 3.63) is 69.8 Å². The number of rotatable bonds is 2. The Kier molecular flexibility index (Phi) is 4.37. The summed E-state index contributed by atoms with van der Waals surface area (Å²) in [4.78, 5) is 27.3. The lowest BCUT2D eigenvalue weighted by atomic mass is 9.67. The molecule has 5 unspecified atom stereocenters. The second kappa shape index (κ2) is 7.07. The van der Waals surface area contributed by atoms with Crippen LogP contribution in [0.1, 0.15) is 56.8 Å². The molecule has 0 amide bonds. The molecule has 2 aromatic rings. The fourth-order valence-corrected chi connectivity index (χ4v) is 5.90. The Morgan fingerprint density at radius 2 is 1.83 bits per heavy atom. The molecule has 5 atom stereocenters. The number of phenolic OH excluding ortho intramolecular Hbond substituents is 1. The molecule has 2 aliphatic carbocycles. The van der Waals surface area contributed by atoms with Crippen LogP contribution in [-0.4, -0.2) is 39.5 Å². The summed E-state index contributed by atoms with van der Waals surface area (Å²) >= 11 is 0. The van der Waals surface area contributed by atoms with Gasteiger partial charge in [-0.2, -0.15) is 0 Å². The number of allylic oxidation sites excluding steroid dienone is 2. The molecule has 1 fully saturated rings. The van der Waals surface area contributed by atoms with Gasteiger partial charge in [0.15, 0.2) is 17.2 Å². The fraction of sp³-hybridized carbons (Fsp3) is 0.286. The van der Waals surface area contributed by atoms with E-state index in [1.165, 1.54) is 6.07 Å². The van der Waals surface area contributed by atoms with E-state index in [2.05, 4.69) is 29.0 Å². The van der Waals surface area contributed by atoms with Crippen molar-refractivity contribution in [2.75, 3.05) is 5.32 Å². The fourth-order valence-electron chi connectivity index (χ4n) is 5.90. The molecule has 2 aromatic carbocycles. The first-order valence-corrected chi connectivity index (χ1v) is 11.4. The van der Waals surface area contributed by atoms with Gasteiger partial charge in [0, 0.05) is 23.2 Å². The summed E-state index contributed by atoms with van der Waals surface area (Å²) in [6.07, 6.45) is 2.32. The zero-order valence-corrected chi connectivity index (χ0v) is 19.1. The van der Waals surface area contributed by atoms with E-state index in [4.69, 9.17) is 10.5 Å². The summed E-state index contributed by atoms with van der Waals surface area (Å²) in [7, 11) is 0. The average Bonchev–Trinajstić information content (AvgIpc) is 3.57. The summed E-state index contributed by atoms with van der Waals surface area (Å²) in [5.74, 6) is 10.5. The van der Waals surface area contributed by atoms with E-state index in [1.807, 2.05) is 6.92 Å². The van der Waals surface area contributed by atoms with Gasteiger partial charge in [-0.15, -0.1) is 0 Å². The molecule has 5 N–H and O–H groups in total. The third-order valence-electron chi connectivity index (χ3n) is 7.56. The second-order valence-corrected chi connectivity index (χ2v) is 9.33. The number of ketones is 2. The maximum Gasteiger partial charge on any atom is 0.198 e. The van der Waals surface area contributed by atoms with E-state index < -0.39 is 40.8 Å². The van der Waals surface area contributed by atoms with Gasteiger partial charge < -0.3 is 26.0 Å². The van der Waals surface area contributed by atoms with E-state index in [9.17, 15) is 19.8 Å². The van der Waals surface area contributed by atoms with Crippen LogP contribution < -0.4 is 11.1 Å². The monoisotopic (exact) mass is 466 g/mol. The van der Waals surface area contributed by atoms with E-state index in [0.717, 1.165) is 0 Å². The molecule has 174 valence electrons. The molecule has 4 aliphatic rings. The average molecular weight is 466 g/mol. The van der Waals surface area contributed by atoms with Crippen molar-refractivity contribution in [1.29, 1.82) is 0 Å². The van der Waals surface area contributed by atoms with Gasteiger partial charge in [-0.3, -0.25) is 9.59 Å². The number of aliphatic hydroxyl groups excluding tert-OH is 1. The molecule has 7 heteroatoms. The number of hydrogen-bond acceptors (Lipinski definition) is 7. The minimum atomic E-state index is -1.15. The SMILES string of the molecule is CC1C#CC=CC#CC2Nc3c(cc(O)c4c3C(=O)c3ccc(CN)cc3C4=O)C13OC23C(C)O. The highest BCUT2D eigenvalue weighted by Gasteiger charge is 2.81. The van der Waals surface area contributed by atoms with Crippen LogP contribution in [0.2, 0.25) is 0 Å². The van der Waals surface area contributed by atoms with Gasteiger partial charge in [-0.25, -0.2) is 0 Å². The van der Waals surface area contributed by atoms with Crippen molar-refractivity contribution in [2.45, 2.75) is 43.7 Å². The number of fused-ring (bicyclic) bond motifs is 4. The molecule has 7 nitrogen and oxygen atoms in total. The van der Waals surface area contributed by atoms with Crippen molar-refractivity contribution in [2.24, 2.45) is 11.7 Å². The maximum atomic E-state index is 13.8. The van der Waals surface area contributed by atoms with Crippen molar-refractivity contribution >= 4 is 17.3 Å². The molecule has 2 heterocycles. The molecular formula is C28H22N2O5. The number of hydrogen-bond donors (Lipinski definition) is 4. The van der Waals surface area contributed by atoms with E-state index >= 15 is 0 Å². The minimum Gasteiger partial charge on any atom is -0.507 e. The zero-order chi connectivity index (χ0) is 24.7. The second-order valence-electron chi connectivity index (χ2n) is 9.33. The first-order valence-electron chi connectivity index (χ1n) is 11.4. The highest BCUT2D eigenvalue weighted by molar-refractivity contribution is 6.31. The van der Waals surface area contributed by atoms with Gasteiger partial charge in [-0.1, -0.05) is 29.7 Å². The smallest absolute Gasteiger partial charge is 0.198 e. The van der Waals surface area contributed by atoms with Gasteiger partial charge >= 0.3 is 0 Å². The van der Waals surface area contributed by atoms with E-state index in [0.29, 0.717) is 16.8 Å². The van der Waals surface area contributed by atoms with Crippen LogP contribution in [-0.2, 0) is 16.9 Å². The molecule has 35 heavy (non-hydrogen) atoms. The van der Waals surface area contributed by atoms with Crippen molar-refractivity contribution in [1.82, 2.24) is 0 Å². The van der Waals surface area contributed by atoms with Crippen LogP contribution in [0.3, 0.4) is 0 Å².